The van der Waals surface area contributed by atoms with Gasteiger partial charge >= 0.3 is 0 Å². The first-order valence-corrected chi connectivity index (χ1v) is 6.41. The van der Waals surface area contributed by atoms with E-state index in [0.29, 0.717) is 6.04 Å². The Morgan fingerprint density at radius 1 is 1.36 bits per heavy atom. The monoisotopic (exact) mass is 321 g/mol. The van der Waals surface area contributed by atoms with E-state index in [9.17, 15) is 0 Å². The summed E-state index contributed by atoms with van der Waals surface area (Å²) in [4.78, 5) is 0. The van der Waals surface area contributed by atoms with Crippen molar-refractivity contribution >= 4 is 34.2 Å². The molecule has 0 unspecified atom stereocenters. The van der Waals surface area contributed by atoms with Crippen LogP contribution in [0.2, 0.25) is 5.02 Å². The summed E-state index contributed by atoms with van der Waals surface area (Å²) in [5, 5.41) is 4.38. The number of benzene rings is 1. The third kappa shape index (κ3) is 2.41. The van der Waals surface area contributed by atoms with E-state index >= 15 is 0 Å². The fourth-order valence-electron chi connectivity index (χ4n) is 1.90. The van der Waals surface area contributed by atoms with Gasteiger partial charge in [0, 0.05) is 14.6 Å². The standard InChI is InChI=1S/C11H13ClIN/c12-8-4-5-10(13)9(7-8)11-3-1-2-6-14-11/h4-5,7,11,14H,1-3,6H2/t11-/m0/s1. The van der Waals surface area contributed by atoms with Crippen molar-refractivity contribution in [1.82, 2.24) is 5.32 Å². The molecule has 1 aromatic carbocycles. The molecule has 1 aliphatic rings. The molecule has 1 N–H and O–H groups in total. The molecule has 1 atom stereocenters. The second kappa shape index (κ2) is 4.81. The highest BCUT2D eigenvalue weighted by atomic mass is 127. The smallest absolute Gasteiger partial charge is 0.0410 e. The second-order valence-corrected chi connectivity index (χ2v) is 5.27. The van der Waals surface area contributed by atoms with E-state index in [-0.39, 0.29) is 0 Å². The largest absolute Gasteiger partial charge is 0.310 e. The van der Waals surface area contributed by atoms with Crippen molar-refractivity contribution in [2.45, 2.75) is 25.3 Å². The van der Waals surface area contributed by atoms with E-state index in [1.165, 1.54) is 28.4 Å². The molecule has 1 aliphatic heterocycles. The Morgan fingerprint density at radius 3 is 2.93 bits per heavy atom. The molecule has 1 heterocycles. The maximum atomic E-state index is 6.00. The van der Waals surface area contributed by atoms with Crippen molar-refractivity contribution in [3.63, 3.8) is 0 Å². The van der Waals surface area contributed by atoms with Crippen LogP contribution < -0.4 is 5.32 Å². The Balaban J connectivity index is 2.24. The number of piperidine rings is 1. The molecule has 3 heteroatoms. The van der Waals surface area contributed by atoms with E-state index < -0.39 is 0 Å². The lowest BCUT2D eigenvalue weighted by Gasteiger charge is -2.24. The van der Waals surface area contributed by atoms with Crippen LogP contribution in [0.3, 0.4) is 0 Å². The van der Waals surface area contributed by atoms with E-state index in [4.69, 9.17) is 11.6 Å². The fraction of sp³-hybridized carbons (Fsp3) is 0.455. The predicted octanol–water partition coefficient (Wildman–Crippen LogP) is 3.76. The van der Waals surface area contributed by atoms with E-state index in [0.717, 1.165) is 11.6 Å². The number of halogens is 2. The van der Waals surface area contributed by atoms with Gasteiger partial charge in [0.15, 0.2) is 0 Å². The molecule has 1 saturated heterocycles. The molecular formula is C11H13ClIN. The quantitative estimate of drug-likeness (QED) is 0.777. The highest BCUT2D eigenvalue weighted by molar-refractivity contribution is 14.1. The van der Waals surface area contributed by atoms with Gasteiger partial charge in [-0.1, -0.05) is 18.0 Å². The van der Waals surface area contributed by atoms with E-state index in [2.05, 4.69) is 40.0 Å². The van der Waals surface area contributed by atoms with Crippen molar-refractivity contribution in [1.29, 1.82) is 0 Å². The minimum absolute atomic E-state index is 0.509. The Kier molecular flexibility index (Phi) is 3.68. The summed E-state index contributed by atoms with van der Waals surface area (Å²) < 4.78 is 1.31. The Hall–Kier alpha value is 0.200. The minimum Gasteiger partial charge on any atom is -0.310 e. The van der Waals surface area contributed by atoms with Crippen LogP contribution in [0.15, 0.2) is 18.2 Å². The molecule has 14 heavy (non-hydrogen) atoms. The van der Waals surface area contributed by atoms with Crippen molar-refractivity contribution < 1.29 is 0 Å². The number of hydrogen-bond donors (Lipinski definition) is 1. The van der Waals surface area contributed by atoms with Gasteiger partial charge in [-0.15, -0.1) is 0 Å². The Bertz CT molecular complexity index is 321. The van der Waals surface area contributed by atoms with Crippen molar-refractivity contribution in [2.24, 2.45) is 0 Å². The van der Waals surface area contributed by atoms with Gasteiger partial charge in [-0.3, -0.25) is 0 Å². The van der Waals surface area contributed by atoms with E-state index in [1.54, 1.807) is 0 Å². The molecule has 0 bridgehead atoms. The van der Waals surface area contributed by atoms with Gasteiger partial charge in [0.1, 0.15) is 0 Å². The maximum absolute atomic E-state index is 6.00. The molecule has 76 valence electrons. The van der Waals surface area contributed by atoms with Gasteiger partial charge in [-0.2, -0.15) is 0 Å². The van der Waals surface area contributed by atoms with Crippen LogP contribution >= 0.6 is 34.2 Å². The number of hydrogen-bond acceptors (Lipinski definition) is 1. The van der Waals surface area contributed by atoms with Crippen molar-refractivity contribution in [3.05, 3.63) is 32.4 Å². The molecule has 1 nitrogen and oxygen atoms in total. The van der Waals surface area contributed by atoms with Gasteiger partial charge in [-0.05, 0) is 65.7 Å². The summed E-state index contributed by atoms with van der Waals surface area (Å²) in [5.74, 6) is 0. The van der Waals surface area contributed by atoms with Gasteiger partial charge in [0.05, 0.1) is 0 Å². The first-order chi connectivity index (χ1) is 6.77. The summed E-state index contributed by atoms with van der Waals surface area (Å²) >= 11 is 8.39. The zero-order chi connectivity index (χ0) is 9.97. The molecule has 2 rings (SSSR count). The average molecular weight is 322 g/mol. The first kappa shape index (κ1) is 10.7. The van der Waals surface area contributed by atoms with Crippen molar-refractivity contribution in [2.75, 3.05) is 6.54 Å². The van der Waals surface area contributed by atoms with Gasteiger partial charge in [0.25, 0.3) is 0 Å². The van der Waals surface area contributed by atoms with Crippen LogP contribution in [0.4, 0.5) is 0 Å². The lowest BCUT2D eigenvalue weighted by Crippen LogP contribution is -2.27. The summed E-state index contributed by atoms with van der Waals surface area (Å²) in [6, 6.07) is 6.64. The summed E-state index contributed by atoms with van der Waals surface area (Å²) in [6.45, 7) is 1.13. The summed E-state index contributed by atoms with van der Waals surface area (Å²) in [5.41, 5.74) is 1.36. The molecule has 1 aromatic rings. The van der Waals surface area contributed by atoms with Crippen LogP contribution in [-0.2, 0) is 0 Å². The van der Waals surface area contributed by atoms with Gasteiger partial charge in [-0.25, -0.2) is 0 Å². The maximum Gasteiger partial charge on any atom is 0.0410 e. The van der Waals surface area contributed by atoms with E-state index in [1.807, 2.05) is 6.07 Å². The Labute approximate surface area is 103 Å². The van der Waals surface area contributed by atoms with Gasteiger partial charge in [0.2, 0.25) is 0 Å². The second-order valence-electron chi connectivity index (χ2n) is 3.67. The summed E-state index contributed by atoms with van der Waals surface area (Å²) in [6.07, 6.45) is 3.85. The Morgan fingerprint density at radius 2 is 2.21 bits per heavy atom. The lowest BCUT2D eigenvalue weighted by molar-refractivity contribution is 0.411. The highest BCUT2D eigenvalue weighted by Crippen LogP contribution is 2.28. The molecule has 0 spiro atoms. The third-order valence-electron chi connectivity index (χ3n) is 2.64. The normalized spacial score (nSPS) is 22.3. The van der Waals surface area contributed by atoms with Crippen LogP contribution in [-0.4, -0.2) is 6.54 Å². The predicted molar refractivity (Wildman–Crippen MR) is 68.8 cm³/mol. The number of rotatable bonds is 1. The average Bonchev–Trinajstić information content (AvgIpc) is 2.23. The SMILES string of the molecule is Clc1ccc(I)c([C@@H]2CCCCN2)c1. The van der Waals surface area contributed by atoms with Crippen LogP contribution in [0.5, 0.6) is 0 Å². The molecule has 0 radical (unpaired) electrons. The van der Waals surface area contributed by atoms with Crippen LogP contribution in [0.25, 0.3) is 0 Å². The molecule has 0 aromatic heterocycles. The minimum atomic E-state index is 0.509. The highest BCUT2D eigenvalue weighted by Gasteiger charge is 2.16. The zero-order valence-electron chi connectivity index (χ0n) is 7.89. The van der Waals surface area contributed by atoms with Crippen LogP contribution in [0, 0.1) is 3.57 Å². The number of nitrogens with one attached hydrogen (secondary N) is 1. The lowest BCUT2D eigenvalue weighted by atomic mass is 9.98. The van der Waals surface area contributed by atoms with Gasteiger partial charge < -0.3 is 5.32 Å². The summed E-state index contributed by atoms with van der Waals surface area (Å²) in [7, 11) is 0. The van der Waals surface area contributed by atoms with Crippen molar-refractivity contribution in [3.8, 4) is 0 Å². The topological polar surface area (TPSA) is 12.0 Å². The molecule has 0 saturated carbocycles. The zero-order valence-corrected chi connectivity index (χ0v) is 10.8. The van der Waals surface area contributed by atoms with Crippen LogP contribution in [0.1, 0.15) is 30.9 Å². The third-order valence-corrected chi connectivity index (χ3v) is 3.86. The first-order valence-electron chi connectivity index (χ1n) is 4.96. The molecule has 0 amide bonds. The fourth-order valence-corrected chi connectivity index (χ4v) is 2.79. The molecule has 1 fully saturated rings. The molecule has 0 aliphatic carbocycles. The molecular weight excluding hydrogens is 308 g/mol.